The number of nitrogens with one attached hydrogen (secondary N) is 1. The Morgan fingerprint density at radius 2 is 2.06 bits per heavy atom. The van der Waals surface area contributed by atoms with Crippen LogP contribution in [0.15, 0.2) is 18.3 Å². The smallest absolute Gasteiger partial charge is 0.128 e. The summed E-state index contributed by atoms with van der Waals surface area (Å²) in [5.41, 5.74) is 1.14. The average Bonchev–Trinajstić information content (AvgIpc) is 3.13. The molecule has 0 atom stereocenters. The first-order valence-electron chi connectivity index (χ1n) is 6.28. The van der Waals surface area contributed by atoms with Crippen molar-refractivity contribution >= 4 is 11.5 Å². The van der Waals surface area contributed by atoms with Crippen LogP contribution in [0.25, 0.3) is 0 Å². The summed E-state index contributed by atoms with van der Waals surface area (Å²) in [4.78, 5) is 6.74. The van der Waals surface area contributed by atoms with Crippen LogP contribution in [0.1, 0.15) is 26.7 Å². The van der Waals surface area contributed by atoms with Crippen molar-refractivity contribution in [2.75, 3.05) is 29.9 Å². The lowest BCUT2D eigenvalue weighted by Crippen LogP contribution is -2.22. The zero-order valence-electron chi connectivity index (χ0n) is 10.2. The molecule has 0 bridgehead atoms. The molecule has 1 aliphatic carbocycles. The van der Waals surface area contributed by atoms with Gasteiger partial charge in [-0.15, -0.1) is 0 Å². The van der Waals surface area contributed by atoms with Gasteiger partial charge >= 0.3 is 0 Å². The molecule has 16 heavy (non-hydrogen) atoms. The zero-order chi connectivity index (χ0) is 11.4. The molecule has 0 saturated heterocycles. The van der Waals surface area contributed by atoms with E-state index in [-0.39, 0.29) is 0 Å². The van der Waals surface area contributed by atoms with Crippen LogP contribution in [-0.2, 0) is 0 Å². The van der Waals surface area contributed by atoms with Crippen molar-refractivity contribution < 1.29 is 0 Å². The largest absolute Gasteiger partial charge is 0.384 e. The van der Waals surface area contributed by atoms with Crippen molar-refractivity contribution in [2.45, 2.75) is 26.7 Å². The minimum Gasteiger partial charge on any atom is -0.384 e. The van der Waals surface area contributed by atoms with E-state index in [1.807, 2.05) is 6.20 Å². The molecule has 1 heterocycles. The van der Waals surface area contributed by atoms with Gasteiger partial charge in [0.1, 0.15) is 5.82 Å². The molecule has 2 rings (SSSR count). The third-order valence-corrected chi connectivity index (χ3v) is 3.13. The standard InChI is InChI=1S/C13H21N3/c1-3-16(4-2)13-8-7-12(10-15-13)14-9-11-5-6-11/h7-8,10-11,14H,3-6,9H2,1-2H3. The molecule has 1 fully saturated rings. The SMILES string of the molecule is CCN(CC)c1ccc(NCC2CC2)cn1. The van der Waals surface area contributed by atoms with Crippen LogP contribution in [0.2, 0.25) is 0 Å². The molecule has 0 aromatic carbocycles. The van der Waals surface area contributed by atoms with E-state index in [2.05, 4.69) is 41.2 Å². The summed E-state index contributed by atoms with van der Waals surface area (Å²) in [5.74, 6) is 1.98. The molecule has 0 radical (unpaired) electrons. The summed E-state index contributed by atoms with van der Waals surface area (Å²) in [6, 6.07) is 4.23. The lowest BCUT2D eigenvalue weighted by molar-refractivity contribution is 0.845. The van der Waals surface area contributed by atoms with Crippen LogP contribution < -0.4 is 10.2 Å². The van der Waals surface area contributed by atoms with E-state index in [0.717, 1.165) is 37.1 Å². The summed E-state index contributed by atoms with van der Waals surface area (Å²) in [7, 11) is 0. The number of pyridine rings is 1. The Morgan fingerprint density at radius 1 is 1.31 bits per heavy atom. The number of aromatic nitrogens is 1. The van der Waals surface area contributed by atoms with Crippen molar-refractivity contribution in [3.05, 3.63) is 18.3 Å². The van der Waals surface area contributed by atoms with E-state index >= 15 is 0 Å². The predicted octanol–water partition coefficient (Wildman–Crippen LogP) is 2.75. The van der Waals surface area contributed by atoms with E-state index in [1.165, 1.54) is 12.8 Å². The molecule has 0 aliphatic heterocycles. The average molecular weight is 219 g/mol. The molecule has 1 aliphatic rings. The van der Waals surface area contributed by atoms with Gasteiger partial charge in [0.15, 0.2) is 0 Å². The first kappa shape index (κ1) is 11.2. The van der Waals surface area contributed by atoms with Crippen molar-refractivity contribution in [1.82, 2.24) is 4.98 Å². The molecule has 0 unspecified atom stereocenters. The number of anilines is 2. The fourth-order valence-electron chi connectivity index (χ4n) is 1.81. The van der Waals surface area contributed by atoms with Crippen LogP contribution in [0.4, 0.5) is 11.5 Å². The van der Waals surface area contributed by atoms with Crippen LogP contribution in [-0.4, -0.2) is 24.6 Å². The summed E-state index contributed by atoms with van der Waals surface area (Å²) >= 11 is 0. The minimum atomic E-state index is 0.905. The molecule has 0 spiro atoms. The number of hydrogen-bond acceptors (Lipinski definition) is 3. The summed E-state index contributed by atoms with van der Waals surface area (Å²) < 4.78 is 0. The highest BCUT2D eigenvalue weighted by Crippen LogP contribution is 2.28. The summed E-state index contributed by atoms with van der Waals surface area (Å²) in [6.07, 6.45) is 4.71. The third-order valence-electron chi connectivity index (χ3n) is 3.13. The van der Waals surface area contributed by atoms with Gasteiger partial charge in [-0.1, -0.05) is 0 Å². The molecule has 1 aromatic heterocycles. The highest BCUT2D eigenvalue weighted by Gasteiger charge is 2.20. The van der Waals surface area contributed by atoms with Crippen molar-refractivity contribution in [2.24, 2.45) is 5.92 Å². The maximum atomic E-state index is 4.48. The van der Waals surface area contributed by atoms with Gasteiger partial charge in [0, 0.05) is 19.6 Å². The molecular weight excluding hydrogens is 198 g/mol. The Balaban J connectivity index is 1.91. The van der Waals surface area contributed by atoms with Gasteiger partial charge in [-0.05, 0) is 44.7 Å². The van der Waals surface area contributed by atoms with Crippen LogP contribution >= 0.6 is 0 Å². The molecule has 1 aromatic rings. The Hall–Kier alpha value is -1.25. The van der Waals surface area contributed by atoms with E-state index < -0.39 is 0 Å². The molecule has 1 N–H and O–H groups in total. The van der Waals surface area contributed by atoms with Gasteiger partial charge in [0.2, 0.25) is 0 Å². The Labute approximate surface area is 97.9 Å². The van der Waals surface area contributed by atoms with Crippen LogP contribution in [0, 0.1) is 5.92 Å². The van der Waals surface area contributed by atoms with Crippen molar-refractivity contribution in [1.29, 1.82) is 0 Å². The first-order valence-corrected chi connectivity index (χ1v) is 6.28. The van der Waals surface area contributed by atoms with Gasteiger partial charge in [-0.25, -0.2) is 4.98 Å². The lowest BCUT2D eigenvalue weighted by atomic mass is 10.3. The number of rotatable bonds is 6. The monoisotopic (exact) mass is 219 g/mol. The molecule has 1 saturated carbocycles. The van der Waals surface area contributed by atoms with Crippen LogP contribution in [0.3, 0.4) is 0 Å². The molecule has 0 amide bonds. The topological polar surface area (TPSA) is 28.2 Å². The first-order chi connectivity index (χ1) is 7.83. The second-order valence-electron chi connectivity index (χ2n) is 4.40. The molecular formula is C13H21N3. The van der Waals surface area contributed by atoms with E-state index in [9.17, 15) is 0 Å². The van der Waals surface area contributed by atoms with Gasteiger partial charge in [-0.3, -0.25) is 0 Å². The molecule has 3 nitrogen and oxygen atoms in total. The maximum Gasteiger partial charge on any atom is 0.128 e. The predicted molar refractivity (Wildman–Crippen MR) is 69.0 cm³/mol. The van der Waals surface area contributed by atoms with Crippen molar-refractivity contribution in [3.63, 3.8) is 0 Å². The minimum absolute atomic E-state index is 0.905. The maximum absolute atomic E-state index is 4.48. The second kappa shape index (κ2) is 5.19. The zero-order valence-corrected chi connectivity index (χ0v) is 10.2. The van der Waals surface area contributed by atoms with Gasteiger partial charge in [0.05, 0.1) is 11.9 Å². The number of hydrogen-bond donors (Lipinski definition) is 1. The van der Waals surface area contributed by atoms with Gasteiger partial charge in [-0.2, -0.15) is 0 Å². The van der Waals surface area contributed by atoms with E-state index in [1.54, 1.807) is 0 Å². The summed E-state index contributed by atoms with van der Waals surface area (Å²) in [6.45, 7) is 7.44. The van der Waals surface area contributed by atoms with E-state index in [0.29, 0.717) is 0 Å². The summed E-state index contributed by atoms with van der Waals surface area (Å²) in [5, 5.41) is 3.43. The molecule has 3 heteroatoms. The van der Waals surface area contributed by atoms with Crippen LogP contribution in [0.5, 0.6) is 0 Å². The normalized spacial score (nSPS) is 14.9. The van der Waals surface area contributed by atoms with Crippen molar-refractivity contribution in [3.8, 4) is 0 Å². The fourth-order valence-corrected chi connectivity index (χ4v) is 1.81. The number of nitrogens with zero attached hydrogens (tertiary/aromatic N) is 2. The van der Waals surface area contributed by atoms with E-state index in [4.69, 9.17) is 0 Å². The Bertz CT molecular complexity index is 312. The fraction of sp³-hybridized carbons (Fsp3) is 0.615. The quantitative estimate of drug-likeness (QED) is 0.797. The Morgan fingerprint density at radius 3 is 2.56 bits per heavy atom. The van der Waals surface area contributed by atoms with Gasteiger partial charge < -0.3 is 10.2 Å². The molecule has 88 valence electrons. The highest BCUT2D eigenvalue weighted by molar-refractivity contribution is 5.48. The second-order valence-corrected chi connectivity index (χ2v) is 4.40. The third kappa shape index (κ3) is 2.87. The van der Waals surface area contributed by atoms with Gasteiger partial charge in [0.25, 0.3) is 0 Å². The Kier molecular flexibility index (Phi) is 3.65. The highest BCUT2D eigenvalue weighted by atomic mass is 15.2. The lowest BCUT2D eigenvalue weighted by Gasteiger charge is -2.19.